The third-order valence-electron chi connectivity index (χ3n) is 2.78. The number of aromatic hydroxyl groups is 2. The monoisotopic (exact) mass is 325 g/mol. The van der Waals surface area contributed by atoms with Gasteiger partial charge in [-0.2, -0.15) is 0 Å². The lowest BCUT2D eigenvalue weighted by molar-refractivity contribution is 0.444. The van der Waals surface area contributed by atoms with Crippen molar-refractivity contribution in [2.45, 2.75) is 13.0 Å². The Bertz CT molecular complexity index is 604. The molecule has 19 heavy (non-hydrogen) atoms. The van der Waals surface area contributed by atoms with E-state index in [-0.39, 0.29) is 23.4 Å². The molecule has 0 amide bonds. The average molecular weight is 326 g/mol. The van der Waals surface area contributed by atoms with Crippen molar-refractivity contribution in [3.63, 3.8) is 0 Å². The molecule has 5 heteroatoms. The van der Waals surface area contributed by atoms with Crippen molar-refractivity contribution >= 4 is 21.6 Å². The molecule has 0 spiro atoms. The first-order valence-electron chi connectivity index (χ1n) is 5.71. The van der Waals surface area contributed by atoms with Crippen molar-refractivity contribution < 1.29 is 14.6 Å². The fourth-order valence-electron chi connectivity index (χ4n) is 1.82. The second kappa shape index (κ2) is 5.48. The highest BCUT2D eigenvalue weighted by Crippen LogP contribution is 2.31. The molecule has 0 aromatic heterocycles. The van der Waals surface area contributed by atoms with Crippen LogP contribution in [0.25, 0.3) is 0 Å². The van der Waals surface area contributed by atoms with Crippen LogP contribution in [-0.2, 0) is 0 Å². The normalized spacial score (nSPS) is 12.2. The zero-order valence-electron chi connectivity index (χ0n) is 10.2. The summed E-state index contributed by atoms with van der Waals surface area (Å²) in [6, 6.07) is 8.62. The van der Waals surface area contributed by atoms with Gasteiger partial charge in [0.25, 0.3) is 0 Å². The van der Waals surface area contributed by atoms with Gasteiger partial charge >= 0.3 is 0 Å². The maximum atomic E-state index is 13.6. The summed E-state index contributed by atoms with van der Waals surface area (Å²) < 4.78 is 14.4. The zero-order valence-corrected chi connectivity index (χ0v) is 11.8. The summed E-state index contributed by atoms with van der Waals surface area (Å²) in [6.45, 7) is 1.80. The number of anilines is 1. The van der Waals surface area contributed by atoms with Crippen LogP contribution >= 0.6 is 15.9 Å². The molecule has 0 bridgehead atoms. The molecule has 0 heterocycles. The molecule has 3 N–H and O–H groups in total. The van der Waals surface area contributed by atoms with E-state index in [0.717, 1.165) is 4.47 Å². The first-order chi connectivity index (χ1) is 8.97. The summed E-state index contributed by atoms with van der Waals surface area (Å²) in [4.78, 5) is 0. The van der Waals surface area contributed by atoms with E-state index in [0.29, 0.717) is 11.3 Å². The van der Waals surface area contributed by atoms with E-state index in [2.05, 4.69) is 21.2 Å². The molecule has 1 unspecified atom stereocenters. The van der Waals surface area contributed by atoms with Gasteiger partial charge < -0.3 is 15.5 Å². The molecule has 2 aromatic carbocycles. The van der Waals surface area contributed by atoms with Gasteiger partial charge in [-0.3, -0.25) is 0 Å². The minimum absolute atomic E-state index is 0.0120. The van der Waals surface area contributed by atoms with Crippen LogP contribution in [0.4, 0.5) is 10.1 Å². The second-order valence-corrected chi connectivity index (χ2v) is 5.15. The van der Waals surface area contributed by atoms with Crippen LogP contribution in [0.2, 0.25) is 0 Å². The maximum absolute atomic E-state index is 13.6. The fourth-order valence-corrected chi connectivity index (χ4v) is 2.18. The lowest BCUT2D eigenvalue weighted by atomic mass is 10.1. The maximum Gasteiger partial charge on any atom is 0.146 e. The minimum Gasteiger partial charge on any atom is -0.508 e. The summed E-state index contributed by atoms with van der Waals surface area (Å²) in [7, 11) is 0. The largest absolute Gasteiger partial charge is 0.508 e. The first kappa shape index (κ1) is 13.7. The van der Waals surface area contributed by atoms with Crippen LogP contribution in [0.5, 0.6) is 11.5 Å². The molecule has 0 saturated carbocycles. The first-order valence-corrected chi connectivity index (χ1v) is 6.50. The lowest BCUT2D eigenvalue weighted by Gasteiger charge is -2.17. The molecule has 0 fully saturated rings. The predicted molar refractivity (Wildman–Crippen MR) is 75.9 cm³/mol. The highest BCUT2D eigenvalue weighted by atomic mass is 79.9. The van der Waals surface area contributed by atoms with Crippen molar-refractivity contribution in [1.29, 1.82) is 0 Å². The molecule has 2 rings (SSSR count). The SMILES string of the molecule is CC(Nc1cc(Br)ccc1F)c1ccc(O)cc1O. The number of benzene rings is 2. The topological polar surface area (TPSA) is 52.5 Å². The van der Waals surface area contributed by atoms with Gasteiger partial charge in [0.15, 0.2) is 0 Å². The van der Waals surface area contributed by atoms with Crippen molar-refractivity contribution in [3.8, 4) is 11.5 Å². The third kappa shape index (κ3) is 3.17. The van der Waals surface area contributed by atoms with E-state index >= 15 is 0 Å². The number of hydrogen-bond donors (Lipinski definition) is 3. The minimum atomic E-state index is -0.367. The molecule has 2 aromatic rings. The Balaban J connectivity index is 2.25. The van der Waals surface area contributed by atoms with Crippen molar-refractivity contribution in [3.05, 3.63) is 52.3 Å². The Labute approximate surface area is 118 Å². The van der Waals surface area contributed by atoms with Gasteiger partial charge in [0.2, 0.25) is 0 Å². The van der Waals surface area contributed by atoms with Crippen molar-refractivity contribution in [2.75, 3.05) is 5.32 Å². The molecule has 0 saturated heterocycles. The smallest absolute Gasteiger partial charge is 0.146 e. The van der Waals surface area contributed by atoms with Gasteiger partial charge in [-0.25, -0.2) is 4.39 Å². The summed E-state index contributed by atoms with van der Waals surface area (Å²) in [5, 5.41) is 22.0. The van der Waals surface area contributed by atoms with Gasteiger partial charge in [0.1, 0.15) is 17.3 Å². The van der Waals surface area contributed by atoms with Crippen molar-refractivity contribution in [2.24, 2.45) is 0 Å². The molecule has 0 aliphatic carbocycles. The number of phenolic OH excluding ortho intramolecular Hbond substituents is 2. The molecule has 100 valence electrons. The van der Waals surface area contributed by atoms with Crippen LogP contribution in [-0.4, -0.2) is 10.2 Å². The van der Waals surface area contributed by atoms with Gasteiger partial charge in [0, 0.05) is 16.1 Å². The molecule has 1 atom stereocenters. The zero-order chi connectivity index (χ0) is 14.0. The van der Waals surface area contributed by atoms with Gasteiger partial charge in [0.05, 0.1) is 11.7 Å². The second-order valence-electron chi connectivity index (χ2n) is 4.23. The Morgan fingerprint density at radius 3 is 2.58 bits per heavy atom. The van der Waals surface area contributed by atoms with Crippen molar-refractivity contribution in [1.82, 2.24) is 0 Å². The van der Waals surface area contributed by atoms with E-state index in [4.69, 9.17) is 0 Å². The van der Waals surface area contributed by atoms with Gasteiger partial charge in [-0.05, 0) is 37.3 Å². The third-order valence-corrected chi connectivity index (χ3v) is 3.27. The van der Waals surface area contributed by atoms with Gasteiger partial charge in [-0.15, -0.1) is 0 Å². The molecular formula is C14H13BrFNO2. The van der Waals surface area contributed by atoms with E-state index in [1.807, 2.05) is 0 Å². The van der Waals surface area contributed by atoms with Crippen LogP contribution in [0.15, 0.2) is 40.9 Å². The molecule has 0 aliphatic rings. The fraction of sp³-hybridized carbons (Fsp3) is 0.143. The quantitative estimate of drug-likeness (QED) is 0.793. The van der Waals surface area contributed by atoms with E-state index in [1.54, 1.807) is 25.1 Å². The standard InChI is InChI=1S/C14H13BrFNO2/c1-8(11-4-3-10(18)7-14(11)19)17-13-6-9(15)2-5-12(13)16/h2-8,17-19H,1H3. The Morgan fingerprint density at radius 1 is 1.16 bits per heavy atom. The van der Waals surface area contributed by atoms with Crippen LogP contribution in [0.3, 0.4) is 0 Å². The molecule has 0 aliphatic heterocycles. The molecule has 0 radical (unpaired) electrons. The molecular weight excluding hydrogens is 313 g/mol. The Kier molecular flexibility index (Phi) is 3.95. The Morgan fingerprint density at radius 2 is 1.89 bits per heavy atom. The van der Waals surface area contributed by atoms with E-state index < -0.39 is 0 Å². The highest BCUT2D eigenvalue weighted by Gasteiger charge is 2.13. The average Bonchev–Trinajstić information content (AvgIpc) is 2.33. The van der Waals surface area contributed by atoms with Crippen LogP contribution in [0, 0.1) is 5.82 Å². The van der Waals surface area contributed by atoms with Crippen LogP contribution in [0.1, 0.15) is 18.5 Å². The number of nitrogens with one attached hydrogen (secondary N) is 1. The van der Waals surface area contributed by atoms with Gasteiger partial charge in [-0.1, -0.05) is 15.9 Å². The summed E-state index contributed by atoms with van der Waals surface area (Å²) in [5.41, 5.74) is 0.923. The lowest BCUT2D eigenvalue weighted by Crippen LogP contribution is -2.08. The molecule has 3 nitrogen and oxygen atoms in total. The highest BCUT2D eigenvalue weighted by molar-refractivity contribution is 9.10. The summed E-state index contributed by atoms with van der Waals surface area (Å²) in [5.74, 6) is -0.411. The number of hydrogen-bond acceptors (Lipinski definition) is 3. The number of rotatable bonds is 3. The number of halogens is 2. The predicted octanol–water partition coefficient (Wildman–Crippen LogP) is 4.17. The summed E-state index contributed by atoms with van der Waals surface area (Å²) in [6.07, 6.45) is 0. The Hall–Kier alpha value is -1.75. The van der Waals surface area contributed by atoms with Crippen LogP contribution < -0.4 is 5.32 Å². The van der Waals surface area contributed by atoms with E-state index in [9.17, 15) is 14.6 Å². The number of phenols is 2. The summed E-state index contributed by atoms with van der Waals surface area (Å²) >= 11 is 3.28. The van der Waals surface area contributed by atoms with E-state index in [1.165, 1.54) is 18.2 Å².